The van der Waals surface area contributed by atoms with Crippen molar-refractivity contribution in [2.45, 2.75) is 6.42 Å². The minimum Gasteiger partial charge on any atom is -0.750 e. The van der Waals surface area contributed by atoms with Gasteiger partial charge in [0.1, 0.15) is 0 Å². The molecule has 0 rings (SSSR count). The summed E-state index contributed by atoms with van der Waals surface area (Å²) in [7, 11) is 1.35. The molecule has 66 valence electrons. The third-order valence-corrected chi connectivity index (χ3v) is 0.539. The van der Waals surface area contributed by atoms with Crippen LogP contribution in [0.15, 0.2) is 12.7 Å². The molecule has 0 heterocycles. The molecule has 0 radical (unpaired) electrons. The van der Waals surface area contributed by atoms with Gasteiger partial charge in [0, 0.05) is 0 Å². The molecule has 5 nitrogen and oxygen atoms in total. The van der Waals surface area contributed by atoms with Crippen LogP contribution >= 0.6 is 0 Å². The van der Waals surface area contributed by atoms with Crippen LogP contribution in [-0.2, 0) is 20.9 Å². The fraction of sp³-hybridized carbons (Fsp3) is 0.400. The Labute approximate surface area is 67.2 Å². The van der Waals surface area contributed by atoms with Crippen LogP contribution in [0.4, 0.5) is 0 Å². The molecule has 0 aliphatic heterocycles. The summed E-state index contributed by atoms with van der Waals surface area (Å²) in [5.74, 6) is -0.241. The molecule has 0 fully saturated rings. The monoisotopic (exact) mass is 181 g/mol. The van der Waals surface area contributed by atoms with Crippen LogP contribution in [0.3, 0.4) is 0 Å². The second kappa shape index (κ2) is 9.28. The summed E-state index contributed by atoms with van der Waals surface area (Å²) < 4.78 is 28.4. The molecular weight excluding hydrogens is 172 g/mol. The van der Waals surface area contributed by atoms with Gasteiger partial charge in [-0.3, -0.25) is 4.79 Å². The molecule has 1 N–H and O–H groups in total. The average Bonchev–Trinajstić information content (AvgIpc) is 1.87. The number of ether oxygens (including phenoxy) is 1. The van der Waals surface area contributed by atoms with Crippen molar-refractivity contribution >= 4 is 17.3 Å². The van der Waals surface area contributed by atoms with Crippen molar-refractivity contribution in [3.63, 3.8) is 0 Å². The first-order valence-electron chi connectivity index (χ1n) is 2.50. The van der Waals surface area contributed by atoms with Gasteiger partial charge in [-0.1, -0.05) is 6.08 Å². The minimum atomic E-state index is -2.86. The summed E-state index contributed by atoms with van der Waals surface area (Å²) in [6, 6.07) is 0. The van der Waals surface area contributed by atoms with Crippen molar-refractivity contribution in [1.82, 2.24) is 0 Å². The number of rotatable bonds is 2. The fourth-order valence-electron chi connectivity index (χ4n) is 0.201. The minimum absolute atomic E-state index is 0.241. The quantitative estimate of drug-likeness (QED) is 0.370. The topological polar surface area (TPSA) is 86.7 Å². The molecule has 0 aliphatic rings. The number of esters is 1. The second-order valence-corrected chi connectivity index (χ2v) is 1.72. The van der Waals surface area contributed by atoms with Crippen molar-refractivity contribution in [3.05, 3.63) is 12.7 Å². The maximum Gasteiger partial charge on any atom is 0.309 e. The van der Waals surface area contributed by atoms with Gasteiger partial charge >= 0.3 is 5.97 Å². The van der Waals surface area contributed by atoms with Crippen molar-refractivity contribution in [2.75, 3.05) is 7.11 Å². The average molecular weight is 181 g/mol. The number of carbonyl (C=O) groups excluding carboxylic acids is 1. The van der Waals surface area contributed by atoms with Crippen molar-refractivity contribution < 1.29 is 22.8 Å². The van der Waals surface area contributed by atoms with Crippen LogP contribution in [0.2, 0.25) is 0 Å². The van der Waals surface area contributed by atoms with Gasteiger partial charge in [0.2, 0.25) is 0 Å². The summed E-state index contributed by atoms with van der Waals surface area (Å²) in [6.07, 6.45) is 1.81. The van der Waals surface area contributed by atoms with Crippen LogP contribution in [0.5, 0.6) is 0 Å². The molecule has 1 atom stereocenters. The summed E-state index contributed by atoms with van der Waals surface area (Å²) in [4.78, 5) is 10.1. The van der Waals surface area contributed by atoms with Crippen molar-refractivity contribution in [1.29, 1.82) is 0 Å². The van der Waals surface area contributed by atoms with E-state index in [-0.39, 0.29) is 5.97 Å². The lowest BCUT2D eigenvalue weighted by Crippen LogP contribution is -1.95. The van der Waals surface area contributed by atoms with Crippen LogP contribution in [0, 0.1) is 0 Å². The lowest BCUT2D eigenvalue weighted by Gasteiger charge is -1.88. The largest absolute Gasteiger partial charge is 0.750 e. The molecule has 0 aliphatic carbocycles. The Morgan fingerprint density at radius 3 is 2.36 bits per heavy atom. The van der Waals surface area contributed by atoms with E-state index >= 15 is 0 Å². The van der Waals surface area contributed by atoms with E-state index < -0.39 is 11.4 Å². The van der Waals surface area contributed by atoms with E-state index in [1.165, 1.54) is 13.2 Å². The highest BCUT2D eigenvalue weighted by molar-refractivity contribution is 7.73. The fourth-order valence-corrected chi connectivity index (χ4v) is 0.201. The lowest BCUT2D eigenvalue weighted by atomic mass is 10.4. The van der Waals surface area contributed by atoms with Gasteiger partial charge < -0.3 is 13.8 Å². The molecule has 0 aromatic carbocycles. The Bertz CT molecular complexity index is 140. The number of hydrogen-bond acceptors (Lipinski definition) is 4. The second-order valence-electron chi connectivity index (χ2n) is 1.29. The number of methoxy groups -OCH3 is 1. The molecular formula is C5H9O5S-. The maximum absolute atomic E-state index is 10.1. The van der Waals surface area contributed by atoms with Gasteiger partial charge in [0.15, 0.2) is 0 Å². The summed E-state index contributed by atoms with van der Waals surface area (Å²) in [5.41, 5.74) is 0. The molecule has 1 unspecified atom stereocenters. The SMILES string of the molecule is C=CCC(=O)OC.O=S([O-])O. The molecule has 6 heteroatoms. The zero-order valence-electron chi connectivity index (χ0n) is 5.98. The first-order chi connectivity index (χ1) is 5.04. The highest BCUT2D eigenvalue weighted by Crippen LogP contribution is 1.80. The molecule has 0 aromatic rings. The van der Waals surface area contributed by atoms with Gasteiger partial charge in [-0.25, -0.2) is 4.21 Å². The Balaban J connectivity index is 0. The molecule has 0 saturated carbocycles. The zero-order valence-corrected chi connectivity index (χ0v) is 6.80. The standard InChI is InChI=1S/C5H8O2.H2O3S/c1-3-4-5(6)7-2;1-4(2)3/h3H,1,4H2,2H3;(H2,1,2,3)/p-1. The van der Waals surface area contributed by atoms with Crippen LogP contribution in [-0.4, -0.2) is 26.4 Å². The third kappa shape index (κ3) is 26.8. The normalized spacial score (nSPS) is 10.5. The van der Waals surface area contributed by atoms with Gasteiger partial charge in [-0.2, -0.15) is 0 Å². The summed E-state index contributed by atoms with van der Waals surface area (Å²) in [5, 5.41) is 0. The van der Waals surface area contributed by atoms with Gasteiger partial charge in [-0.15, -0.1) is 6.58 Å². The molecule has 0 bridgehead atoms. The van der Waals surface area contributed by atoms with Crippen molar-refractivity contribution in [3.8, 4) is 0 Å². The first-order valence-corrected chi connectivity index (χ1v) is 3.53. The Hall–Kier alpha value is -0.720. The zero-order chi connectivity index (χ0) is 9.28. The smallest absolute Gasteiger partial charge is 0.309 e. The number of hydrogen-bond donors (Lipinski definition) is 1. The van der Waals surface area contributed by atoms with Crippen LogP contribution in [0.1, 0.15) is 6.42 Å². The Morgan fingerprint density at radius 2 is 2.27 bits per heavy atom. The van der Waals surface area contributed by atoms with E-state index in [0.29, 0.717) is 6.42 Å². The predicted octanol–water partition coefficient (Wildman–Crippen LogP) is 0.0740. The van der Waals surface area contributed by atoms with E-state index in [4.69, 9.17) is 13.3 Å². The third-order valence-electron chi connectivity index (χ3n) is 0.539. The molecule has 11 heavy (non-hydrogen) atoms. The number of carbonyl (C=O) groups is 1. The lowest BCUT2D eigenvalue weighted by molar-refractivity contribution is -0.139. The van der Waals surface area contributed by atoms with Gasteiger partial charge in [-0.05, 0) is 0 Å². The van der Waals surface area contributed by atoms with Crippen molar-refractivity contribution in [2.24, 2.45) is 0 Å². The van der Waals surface area contributed by atoms with E-state index in [2.05, 4.69) is 11.3 Å². The highest BCUT2D eigenvalue weighted by Gasteiger charge is 1.90. The molecule has 0 spiro atoms. The highest BCUT2D eigenvalue weighted by atomic mass is 32.2. The van der Waals surface area contributed by atoms with E-state index in [9.17, 15) is 4.79 Å². The van der Waals surface area contributed by atoms with E-state index in [1.54, 1.807) is 0 Å². The first kappa shape index (κ1) is 12.9. The Morgan fingerprint density at radius 1 is 1.91 bits per heavy atom. The van der Waals surface area contributed by atoms with Gasteiger partial charge in [0.05, 0.1) is 24.9 Å². The molecule has 0 saturated heterocycles. The molecule has 0 aromatic heterocycles. The molecule has 0 amide bonds. The van der Waals surface area contributed by atoms with E-state index in [0.717, 1.165) is 0 Å². The summed E-state index contributed by atoms with van der Waals surface area (Å²) in [6.45, 7) is 3.35. The van der Waals surface area contributed by atoms with Gasteiger partial charge in [0.25, 0.3) is 0 Å². The van der Waals surface area contributed by atoms with Crippen LogP contribution < -0.4 is 0 Å². The predicted molar refractivity (Wildman–Crippen MR) is 38.4 cm³/mol. The maximum atomic E-state index is 10.1. The van der Waals surface area contributed by atoms with E-state index in [1.807, 2.05) is 0 Å². The summed E-state index contributed by atoms with van der Waals surface area (Å²) >= 11 is -2.86. The van der Waals surface area contributed by atoms with Crippen LogP contribution in [0.25, 0.3) is 0 Å². The Kier molecular flexibility index (Phi) is 10.9.